The SMILES string of the molecule is Cn1c(=O)c2c(CC(=O)Nc3nc(-c4ccc(C(F)(F)F)c(F)c4)cs3)nncc2n(C)c1=O. The predicted octanol–water partition coefficient (Wildman–Crippen LogP) is 2.49. The monoisotopic (exact) mass is 494 g/mol. The molecule has 0 aliphatic heterocycles. The molecule has 1 N–H and O–H groups in total. The van der Waals surface area contributed by atoms with Gasteiger partial charge in [0.1, 0.15) is 5.82 Å². The molecular weight excluding hydrogens is 480 g/mol. The van der Waals surface area contributed by atoms with Gasteiger partial charge in [-0.05, 0) is 12.1 Å². The van der Waals surface area contributed by atoms with E-state index in [1.165, 1.54) is 30.2 Å². The molecule has 0 radical (unpaired) electrons. The number of anilines is 1. The largest absolute Gasteiger partial charge is 0.419 e. The smallest absolute Gasteiger partial charge is 0.302 e. The van der Waals surface area contributed by atoms with E-state index < -0.39 is 34.7 Å². The molecule has 9 nitrogen and oxygen atoms in total. The summed E-state index contributed by atoms with van der Waals surface area (Å²) in [6.07, 6.45) is -3.93. The molecule has 0 saturated heterocycles. The van der Waals surface area contributed by atoms with Gasteiger partial charge in [0.25, 0.3) is 5.56 Å². The molecule has 3 heterocycles. The summed E-state index contributed by atoms with van der Waals surface area (Å²) in [6.45, 7) is 0. The molecule has 0 unspecified atom stereocenters. The van der Waals surface area contributed by atoms with E-state index in [1.807, 2.05) is 0 Å². The lowest BCUT2D eigenvalue weighted by Crippen LogP contribution is -2.37. The van der Waals surface area contributed by atoms with Crippen molar-refractivity contribution in [2.24, 2.45) is 14.1 Å². The Bertz CT molecular complexity index is 1560. The van der Waals surface area contributed by atoms with Gasteiger partial charge in [-0.1, -0.05) is 6.07 Å². The number of rotatable bonds is 4. The van der Waals surface area contributed by atoms with E-state index in [2.05, 4.69) is 20.5 Å². The van der Waals surface area contributed by atoms with E-state index >= 15 is 0 Å². The number of aryl methyl sites for hydroxylation is 1. The zero-order valence-corrected chi connectivity index (χ0v) is 18.3. The van der Waals surface area contributed by atoms with Crippen LogP contribution in [-0.4, -0.2) is 30.2 Å². The van der Waals surface area contributed by atoms with Crippen molar-refractivity contribution in [1.82, 2.24) is 24.3 Å². The number of benzene rings is 1. The van der Waals surface area contributed by atoms with E-state index in [9.17, 15) is 31.9 Å². The maximum absolute atomic E-state index is 13.9. The summed E-state index contributed by atoms with van der Waals surface area (Å²) in [4.78, 5) is 41.3. The second-order valence-corrected chi connectivity index (χ2v) is 8.07. The molecule has 0 bridgehead atoms. The van der Waals surface area contributed by atoms with Crippen LogP contribution >= 0.6 is 11.3 Å². The Balaban J connectivity index is 1.57. The Morgan fingerprint density at radius 2 is 1.91 bits per heavy atom. The molecule has 1 amide bonds. The van der Waals surface area contributed by atoms with E-state index in [1.54, 1.807) is 0 Å². The van der Waals surface area contributed by atoms with Crippen LogP contribution < -0.4 is 16.6 Å². The van der Waals surface area contributed by atoms with Crippen LogP contribution in [0.5, 0.6) is 0 Å². The highest BCUT2D eigenvalue weighted by atomic mass is 32.1. The number of fused-ring (bicyclic) bond motifs is 1. The lowest BCUT2D eigenvalue weighted by Gasteiger charge is -2.09. The Hall–Kier alpha value is -3.94. The minimum absolute atomic E-state index is 0.0489. The standard InChI is InChI=1S/C20H14F4N6O3S/c1-29-14-7-25-28-12(16(14)17(32)30(2)19(29)33)6-15(31)27-18-26-13(8-34-18)9-3-4-10(11(21)5-9)20(22,23)24/h3-5,7-8H,6H2,1-2H3,(H,26,27,31). The number of hydrogen-bond donors (Lipinski definition) is 1. The molecule has 0 fully saturated rings. The maximum Gasteiger partial charge on any atom is 0.419 e. The fourth-order valence-corrected chi connectivity index (χ4v) is 4.03. The van der Waals surface area contributed by atoms with Crippen LogP contribution in [0.15, 0.2) is 39.4 Å². The van der Waals surface area contributed by atoms with Crippen LogP contribution in [0.1, 0.15) is 11.3 Å². The minimum Gasteiger partial charge on any atom is -0.302 e. The first-order valence-corrected chi connectivity index (χ1v) is 10.4. The fraction of sp³-hybridized carbons (Fsp3) is 0.200. The van der Waals surface area contributed by atoms with Crippen LogP contribution in [-0.2, 0) is 31.5 Å². The average molecular weight is 494 g/mol. The van der Waals surface area contributed by atoms with Crippen molar-refractivity contribution in [3.63, 3.8) is 0 Å². The summed E-state index contributed by atoms with van der Waals surface area (Å²) < 4.78 is 54.2. The molecule has 0 saturated carbocycles. The summed E-state index contributed by atoms with van der Waals surface area (Å²) in [6, 6.07) is 2.42. The van der Waals surface area contributed by atoms with Gasteiger partial charge in [0, 0.05) is 25.0 Å². The third-order valence-corrected chi connectivity index (χ3v) is 5.76. The molecule has 3 aromatic heterocycles. The molecule has 4 aromatic rings. The Morgan fingerprint density at radius 1 is 1.18 bits per heavy atom. The van der Waals surface area contributed by atoms with Crippen LogP contribution in [0.4, 0.5) is 22.7 Å². The van der Waals surface area contributed by atoms with Crippen LogP contribution in [0, 0.1) is 5.82 Å². The number of carbonyl (C=O) groups is 1. The normalized spacial score (nSPS) is 11.7. The van der Waals surface area contributed by atoms with Crippen LogP contribution in [0.25, 0.3) is 22.2 Å². The van der Waals surface area contributed by atoms with Gasteiger partial charge in [0.2, 0.25) is 5.91 Å². The third-order valence-electron chi connectivity index (χ3n) is 5.01. The summed E-state index contributed by atoms with van der Waals surface area (Å²) in [5.74, 6) is -2.04. The highest BCUT2D eigenvalue weighted by Gasteiger charge is 2.34. The van der Waals surface area contributed by atoms with E-state index in [0.717, 1.165) is 28.0 Å². The lowest BCUT2D eigenvalue weighted by molar-refractivity contribution is -0.140. The van der Waals surface area contributed by atoms with Crippen molar-refractivity contribution in [2.45, 2.75) is 12.6 Å². The Labute approximate surface area is 191 Å². The van der Waals surface area contributed by atoms with Crippen molar-refractivity contribution < 1.29 is 22.4 Å². The quantitative estimate of drug-likeness (QED) is 0.437. The van der Waals surface area contributed by atoms with Gasteiger partial charge in [-0.2, -0.15) is 23.4 Å². The highest BCUT2D eigenvalue weighted by Crippen LogP contribution is 2.34. The summed E-state index contributed by atoms with van der Waals surface area (Å²) in [5.41, 5.74) is -2.04. The number of nitrogens with one attached hydrogen (secondary N) is 1. The average Bonchev–Trinajstić information content (AvgIpc) is 3.23. The number of hydrogen-bond acceptors (Lipinski definition) is 7. The van der Waals surface area contributed by atoms with Crippen molar-refractivity contribution in [1.29, 1.82) is 0 Å². The first-order valence-electron chi connectivity index (χ1n) is 9.50. The number of alkyl halides is 3. The molecule has 1 aromatic carbocycles. The molecule has 34 heavy (non-hydrogen) atoms. The van der Waals surface area contributed by atoms with Crippen molar-refractivity contribution in [3.05, 3.63) is 67.7 Å². The van der Waals surface area contributed by atoms with E-state index in [-0.39, 0.29) is 39.4 Å². The Kier molecular flexibility index (Phi) is 5.77. The molecule has 0 aliphatic carbocycles. The first-order chi connectivity index (χ1) is 16.0. The number of carbonyl (C=O) groups excluding carboxylic acids is 1. The van der Waals surface area contributed by atoms with Gasteiger partial charge < -0.3 is 5.32 Å². The van der Waals surface area contributed by atoms with Gasteiger partial charge in [-0.25, -0.2) is 14.2 Å². The highest BCUT2D eigenvalue weighted by molar-refractivity contribution is 7.14. The van der Waals surface area contributed by atoms with Crippen molar-refractivity contribution >= 4 is 33.3 Å². The summed E-state index contributed by atoms with van der Waals surface area (Å²) >= 11 is 0.977. The number of amides is 1. The molecular formula is C20H14F4N6O3S. The van der Waals surface area contributed by atoms with E-state index in [0.29, 0.717) is 6.07 Å². The van der Waals surface area contributed by atoms with E-state index in [4.69, 9.17) is 0 Å². The van der Waals surface area contributed by atoms with Gasteiger partial charge in [0.15, 0.2) is 5.13 Å². The zero-order valence-electron chi connectivity index (χ0n) is 17.5. The number of halogens is 4. The molecule has 4 rings (SSSR count). The molecule has 0 atom stereocenters. The predicted molar refractivity (Wildman–Crippen MR) is 115 cm³/mol. The zero-order chi connectivity index (χ0) is 24.8. The van der Waals surface area contributed by atoms with Gasteiger partial charge in [-0.3, -0.25) is 18.7 Å². The molecule has 176 valence electrons. The fourth-order valence-electron chi connectivity index (χ4n) is 3.29. The molecule has 0 spiro atoms. The maximum atomic E-state index is 13.9. The van der Waals surface area contributed by atoms with Crippen LogP contribution in [0.2, 0.25) is 0 Å². The van der Waals surface area contributed by atoms with Crippen molar-refractivity contribution in [3.8, 4) is 11.3 Å². The number of aromatic nitrogens is 5. The summed E-state index contributed by atoms with van der Waals surface area (Å²) in [5, 5.41) is 11.7. The second-order valence-electron chi connectivity index (χ2n) is 7.21. The molecule has 0 aliphatic rings. The van der Waals surface area contributed by atoms with Gasteiger partial charge in [-0.15, -0.1) is 11.3 Å². The number of nitrogens with zero attached hydrogens (tertiary/aromatic N) is 5. The molecule has 14 heteroatoms. The third kappa shape index (κ3) is 4.19. The van der Waals surface area contributed by atoms with Gasteiger partial charge >= 0.3 is 11.9 Å². The van der Waals surface area contributed by atoms with Gasteiger partial charge in [0.05, 0.1) is 40.5 Å². The minimum atomic E-state index is -4.82. The topological polar surface area (TPSA) is 112 Å². The van der Waals surface area contributed by atoms with Crippen molar-refractivity contribution in [2.75, 3.05) is 5.32 Å². The first kappa shape index (κ1) is 23.2. The lowest BCUT2D eigenvalue weighted by atomic mass is 10.1. The second kappa shape index (κ2) is 8.44. The van der Waals surface area contributed by atoms with Crippen LogP contribution in [0.3, 0.4) is 0 Å². The Morgan fingerprint density at radius 3 is 2.59 bits per heavy atom. The summed E-state index contributed by atoms with van der Waals surface area (Å²) in [7, 11) is 2.76. The number of thiazole rings is 1.